The number of aryl methyl sites for hydroxylation is 1. The number of ether oxygens (including phenoxy) is 1. The van der Waals surface area contributed by atoms with Gasteiger partial charge in [0.2, 0.25) is 0 Å². The van der Waals surface area contributed by atoms with Crippen LogP contribution in [0, 0.1) is 19.8 Å². The Kier molecular flexibility index (Phi) is 7.04. The van der Waals surface area contributed by atoms with Gasteiger partial charge in [0.15, 0.2) is 0 Å². The van der Waals surface area contributed by atoms with Gasteiger partial charge in [-0.3, -0.25) is 0 Å². The maximum Gasteiger partial charge on any atom is 0.126 e. The Morgan fingerprint density at radius 3 is 2.40 bits per heavy atom. The molecule has 0 heterocycles. The third-order valence-corrected chi connectivity index (χ3v) is 4.57. The second kappa shape index (κ2) is 8.04. The van der Waals surface area contributed by atoms with Gasteiger partial charge in [-0.25, -0.2) is 0 Å². The van der Waals surface area contributed by atoms with Crippen LogP contribution in [-0.2, 0) is 0 Å². The van der Waals surface area contributed by atoms with Crippen LogP contribution in [0.4, 0.5) is 0 Å². The number of nitrogens with one attached hydrogen (secondary N) is 1. The van der Waals surface area contributed by atoms with Crippen LogP contribution in [-0.4, -0.2) is 13.7 Å². The molecule has 20 heavy (non-hydrogen) atoms. The standard InChI is InChI=1S/C17H28BrNO/c1-7-19-15(9-8-11(2)3)16-13(5)14(18)10-12(4)17(16)20-6/h10-11,15,19H,7-9H2,1-6H3. The Morgan fingerprint density at radius 2 is 1.90 bits per heavy atom. The van der Waals surface area contributed by atoms with Gasteiger partial charge in [-0.15, -0.1) is 0 Å². The smallest absolute Gasteiger partial charge is 0.126 e. The topological polar surface area (TPSA) is 21.3 Å². The van der Waals surface area contributed by atoms with Gasteiger partial charge in [0, 0.05) is 16.1 Å². The molecule has 1 N–H and O–H groups in total. The second-order valence-electron chi connectivity index (χ2n) is 5.83. The maximum absolute atomic E-state index is 5.69. The van der Waals surface area contributed by atoms with Gasteiger partial charge < -0.3 is 10.1 Å². The highest BCUT2D eigenvalue weighted by molar-refractivity contribution is 9.10. The summed E-state index contributed by atoms with van der Waals surface area (Å²) in [7, 11) is 1.77. The fourth-order valence-electron chi connectivity index (χ4n) is 2.66. The molecule has 0 spiro atoms. The Morgan fingerprint density at radius 1 is 1.25 bits per heavy atom. The van der Waals surface area contributed by atoms with E-state index in [1.165, 1.54) is 27.6 Å². The number of hydrogen-bond donors (Lipinski definition) is 1. The molecule has 1 rings (SSSR count). The molecule has 0 fully saturated rings. The number of benzene rings is 1. The lowest BCUT2D eigenvalue weighted by Crippen LogP contribution is -2.23. The molecule has 0 saturated carbocycles. The van der Waals surface area contributed by atoms with Crippen LogP contribution < -0.4 is 10.1 Å². The molecule has 0 aliphatic heterocycles. The lowest BCUT2D eigenvalue weighted by Gasteiger charge is -2.25. The second-order valence-corrected chi connectivity index (χ2v) is 6.68. The number of methoxy groups -OCH3 is 1. The Labute approximate surface area is 132 Å². The number of hydrogen-bond acceptors (Lipinski definition) is 2. The van der Waals surface area contributed by atoms with E-state index >= 15 is 0 Å². The average Bonchev–Trinajstić information content (AvgIpc) is 2.38. The minimum Gasteiger partial charge on any atom is -0.496 e. The SMILES string of the molecule is CCNC(CCC(C)C)c1c(C)c(Br)cc(C)c1OC. The van der Waals surface area contributed by atoms with Crippen LogP contribution >= 0.6 is 15.9 Å². The molecule has 0 aliphatic rings. The van der Waals surface area contributed by atoms with Gasteiger partial charge >= 0.3 is 0 Å². The van der Waals surface area contributed by atoms with Crippen molar-refractivity contribution in [3.8, 4) is 5.75 Å². The van der Waals surface area contributed by atoms with Gasteiger partial charge in [0.05, 0.1) is 7.11 Å². The quantitative estimate of drug-likeness (QED) is 0.739. The van der Waals surface area contributed by atoms with E-state index in [0.717, 1.165) is 24.6 Å². The summed E-state index contributed by atoms with van der Waals surface area (Å²) in [6.45, 7) is 12.0. The number of rotatable bonds is 7. The molecule has 0 saturated heterocycles. The summed E-state index contributed by atoms with van der Waals surface area (Å²) in [5, 5.41) is 3.62. The summed E-state index contributed by atoms with van der Waals surface area (Å²) in [5.74, 6) is 1.75. The minimum absolute atomic E-state index is 0.355. The first kappa shape index (κ1) is 17.5. The van der Waals surface area contributed by atoms with Crippen molar-refractivity contribution in [1.29, 1.82) is 0 Å². The first-order valence-electron chi connectivity index (χ1n) is 7.49. The normalized spacial score (nSPS) is 12.8. The predicted molar refractivity (Wildman–Crippen MR) is 90.7 cm³/mol. The molecular formula is C17H28BrNO. The van der Waals surface area contributed by atoms with E-state index in [1.807, 2.05) is 0 Å². The van der Waals surface area contributed by atoms with Crippen LogP contribution in [0.25, 0.3) is 0 Å². The molecule has 1 aromatic rings. The molecular weight excluding hydrogens is 314 g/mol. The lowest BCUT2D eigenvalue weighted by molar-refractivity contribution is 0.384. The molecule has 0 amide bonds. The van der Waals surface area contributed by atoms with E-state index in [-0.39, 0.29) is 0 Å². The predicted octanol–water partition coefficient (Wildman–Crippen LogP) is 5.16. The molecule has 0 radical (unpaired) electrons. The van der Waals surface area contributed by atoms with E-state index in [1.54, 1.807) is 7.11 Å². The highest BCUT2D eigenvalue weighted by atomic mass is 79.9. The van der Waals surface area contributed by atoms with Crippen LogP contribution in [0.1, 0.15) is 56.3 Å². The first-order chi connectivity index (χ1) is 9.42. The zero-order valence-electron chi connectivity index (χ0n) is 13.6. The fourth-order valence-corrected chi connectivity index (χ4v) is 3.22. The largest absolute Gasteiger partial charge is 0.496 e. The van der Waals surface area contributed by atoms with Crippen LogP contribution in [0.2, 0.25) is 0 Å². The molecule has 1 atom stereocenters. The summed E-state index contributed by atoms with van der Waals surface area (Å²) < 4.78 is 6.85. The zero-order valence-corrected chi connectivity index (χ0v) is 15.2. The van der Waals surface area contributed by atoms with Gasteiger partial charge in [-0.1, -0.05) is 36.7 Å². The van der Waals surface area contributed by atoms with E-state index in [4.69, 9.17) is 4.74 Å². The molecule has 3 heteroatoms. The molecule has 114 valence electrons. The summed E-state index contributed by atoms with van der Waals surface area (Å²) >= 11 is 3.68. The first-order valence-corrected chi connectivity index (χ1v) is 8.28. The Hall–Kier alpha value is -0.540. The van der Waals surface area contributed by atoms with Gasteiger partial charge in [0.1, 0.15) is 5.75 Å². The highest BCUT2D eigenvalue weighted by Crippen LogP contribution is 2.38. The molecule has 0 bridgehead atoms. The van der Waals surface area contributed by atoms with Crippen molar-refractivity contribution in [2.75, 3.05) is 13.7 Å². The van der Waals surface area contributed by atoms with Gasteiger partial charge in [-0.2, -0.15) is 0 Å². The summed E-state index contributed by atoms with van der Waals surface area (Å²) in [4.78, 5) is 0. The Bertz CT molecular complexity index is 443. The van der Waals surface area contributed by atoms with Crippen molar-refractivity contribution in [2.24, 2.45) is 5.92 Å². The summed E-state index contributed by atoms with van der Waals surface area (Å²) in [6, 6.07) is 2.50. The molecule has 1 aromatic carbocycles. The fraction of sp³-hybridized carbons (Fsp3) is 0.647. The van der Waals surface area contributed by atoms with E-state index in [0.29, 0.717) is 6.04 Å². The van der Waals surface area contributed by atoms with Crippen molar-refractivity contribution in [2.45, 2.75) is 53.5 Å². The maximum atomic E-state index is 5.69. The van der Waals surface area contributed by atoms with Crippen LogP contribution in [0.15, 0.2) is 10.5 Å². The molecule has 0 aromatic heterocycles. The molecule has 1 unspecified atom stereocenters. The third kappa shape index (κ3) is 4.23. The van der Waals surface area contributed by atoms with Crippen molar-refractivity contribution >= 4 is 15.9 Å². The summed E-state index contributed by atoms with van der Waals surface area (Å²) in [6.07, 6.45) is 2.35. The lowest BCUT2D eigenvalue weighted by atomic mass is 9.92. The number of halogens is 1. The molecule has 0 aliphatic carbocycles. The minimum atomic E-state index is 0.355. The van der Waals surface area contributed by atoms with Crippen molar-refractivity contribution in [1.82, 2.24) is 5.32 Å². The van der Waals surface area contributed by atoms with Crippen molar-refractivity contribution in [3.63, 3.8) is 0 Å². The van der Waals surface area contributed by atoms with Crippen molar-refractivity contribution < 1.29 is 4.74 Å². The Balaban J connectivity index is 3.23. The van der Waals surface area contributed by atoms with Crippen LogP contribution in [0.3, 0.4) is 0 Å². The zero-order chi connectivity index (χ0) is 15.3. The van der Waals surface area contributed by atoms with Gasteiger partial charge in [0.25, 0.3) is 0 Å². The monoisotopic (exact) mass is 341 g/mol. The molecule has 2 nitrogen and oxygen atoms in total. The van der Waals surface area contributed by atoms with E-state index in [9.17, 15) is 0 Å². The highest BCUT2D eigenvalue weighted by Gasteiger charge is 2.21. The van der Waals surface area contributed by atoms with E-state index < -0.39 is 0 Å². The van der Waals surface area contributed by atoms with Crippen LogP contribution in [0.5, 0.6) is 5.75 Å². The van der Waals surface area contributed by atoms with Gasteiger partial charge in [-0.05, 0) is 56.3 Å². The third-order valence-electron chi connectivity index (χ3n) is 3.74. The van der Waals surface area contributed by atoms with Crippen molar-refractivity contribution in [3.05, 3.63) is 27.2 Å². The summed E-state index contributed by atoms with van der Waals surface area (Å²) in [5.41, 5.74) is 3.77. The van der Waals surface area contributed by atoms with E-state index in [2.05, 4.69) is 61.9 Å². The average molecular weight is 342 g/mol.